The van der Waals surface area contributed by atoms with E-state index in [1.807, 2.05) is 0 Å². The Bertz CT molecular complexity index is 4660. The Balaban J connectivity index is 0.899. The van der Waals surface area contributed by atoms with Crippen LogP contribution in [0.3, 0.4) is 0 Å². The normalized spacial score (nSPS) is 15.0. The molecule has 3 heteroatoms. The Morgan fingerprint density at radius 1 is 0.316 bits per heavy atom. The van der Waals surface area contributed by atoms with Crippen LogP contribution in [0.1, 0.15) is 74.9 Å². The Morgan fingerprint density at radius 2 is 0.816 bits per heavy atom. The maximum atomic E-state index is 7.02. The molecule has 76 heavy (non-hydrogen) atoms. The number of furan rings is 2. The molecule has 0 bridgehead atoms. The highest BCUT2D eigenvalue weighted by atomic mass is 16.3. The summed E-state index contributed by atoms with van der Waals surface area (Å²) in [5.41, 5.74) is 26.6. The molecule has 0 spiro atoms. The highest BCUT2D eigenvalue weighted by molar-refractivity contribution is 6.21. The van der Waals surface area contributed by atoms with Gasteiger partial charge in [0.05, 0.1) is 0 Å². The van der Waals surface area contributed by atoms with Gasteiger partial charge in [0.1, 0.15) is 22.3 Å². The molecule has 0 amide bonds. The van der Waals surface area contributed by atoms with Crippen LogP contribution in [0.5, 0.6) is 0 Å². The Labute approximate surface area is 442 Å². The molecule has 16 rings (SSSR count). The molecule has 3 aliphatic rings. The van der Waals surface area contributed by atoms with Gasteiger partial charge in [0.2, 0.25) is 0 Å². The van der Waals surface area contributed by atoms with E-state index in [4.69, 9.17) is 8.83 Å². The largest absolute Gasteiger partial charge is 0.455 e. The van der Waals surface area contributed by atoms with E-state index in [-0.39, 0.29) is 16.2 Å². The van der Waals surface area contributed by atoms with E-state index in [0.29, 0.717) is 0 Å². The SMILES string of the molecule is CC1(C)c2cc(N(c3ccc4c(c3)C(C)(C)c3c5c(c6oc7ccccc7c6c3-4)-c3ccccc3C5(C)C)c3ccc4ccccc4c3)ccc2-c2c1cc(-c1ccc(-c3ccccc3)cc1)c1oc3ccccc3c21. The van der Waals surface area contributed by atoms with Crippen LogP contribution in [0.25, 0.3) is 110 Å². The lowest BCUT2D eigenvalue weighted by molar-refractivity contribution is 0.600. The van der Waals surface area contributed by atoms with Crippen LogP contribution in [0, 0.1) is 0 Å². The van der Waals surface area contributed by atoms with Crippen molar-refractivity contribution in [2.75, 3.05) is 4.90 Å². The number of fused-ring (bicyclic) bond motifs is 20. The third kappa shape index (κ3) is 5.72. The van der Waals surface area contributed by atoms with Gasteiger partial charge in [-0.25, -0.2) is 0 Å². The molecule has 0 radical (unpaired) electrons. The summed E-state index contributed by atoms with van der Waals surface area (Å²) in [6.45, 7) is 14.6. The zero-order chi connectivity index (χ0) is 51.0. The monoisotopic (exact) mass is 975 g/mol. The topological polar surface area (TPSA) is 29.5 Å². The molecule has 0 atom stereocenters. The van der Waals surface area contributed by atoms with Gasteiger partial charge in [0.15, 0.2) is 0 Å². The summed E-state index contributed by atoms with van der Waals surface area (Å²) in [4.78, 5) is 2.50. The van der Waals surface area contributed by atoms with Gasteiger partial charge in [-0.3, -0.25) is 0 Å². The van der Waals surface area contributed by atoms with E-state index in [1.54, 1.807) is 0 Å². The Morgan fingerprint density at radius 3 is 1.54 bits per heavy atom. The summed E-state index contributed by atoms with van der Waals surface area (Å²) in [6.07, 6.45) is 0. The molecule has 0 saturated heterocycles. The molecule has 0 fully saturated rings. The average Bonchev–Trinajstić information content (AvgIpc) is 4.39. The molecular formula is C73H53NO2. The van der Waals surface area contributed by atoms with Crippen LogP contribution in [-0.2, 0) is 16.2 Å². The zero-order valence-electron chi connectivity index (χ0n) is 43.5. The summed E-state index contributed by atoms with van der Waals surface area (Å²) < 4.78 is 13.9. The van der Waals surface area contributed by atoms with E-state index < -0.39 is 0 Å². The quantitative estimate of drug-likeness (QED) is 0.172. The first-order chi connectivity index (χ1) is 37.0. The molecule has 0 saturated carbocycles. The molecule has 3 nitrogen and oxygen atoms in total. The Hall–Kier alpha value is -8.92. The average molecular weight is 976 g/mol. The van der Waals surface area contributed by atoms with Crippen LogP contribution < -0.4 is 4.90 Å². The van der Waals surface area contributed by atoms with Crippen molar-refractivity contribution in [3.05, 3.63) is 246 Å². The summed E-state index contributed by atoms with van der Waals surface area (Å²) >= 11 is 0. The molecule has 2 aromatic heterocycles. The molecule has 0 N–H and O–H groups in total. The fourth-order valence-electron chi connectivity index (χ4n) is 14.3. The maximum absolute atomic E-state index is 7.02. The Kier molecular flexibility index (Phi) is 8.65. The van der Waals surface area contributed by atoms with E-state index in [2.05, 4.69) is 259 Å². The lowest BCUT2D eigenvalue weighted by atomic mass is 9.72. The molecule has 0 aliphatic heterocycles. The maximum Gasteiger partial charge on any atom is 0.144 e. The predicted octanol–water partition coefficient (Wildman–Crippen LogP) is 20.4. The number of hydrogen-bond acceptors (Lipinski definition) is 3. The van der Waals surface area contributed by atoms with Crippen LogP contribution >= 0.6 is 0 Å². The highest BCUT2D eigenvalue weighted by Gasteiger charge is 2.49. The van der Waals surface area contributed by atoms with Gasteiger partial charge < -0.3 is 13.7 Å². The minimum Gasteiger partial charge on any atom is -0.455 e. The number of rotatable bonds is 5. The van der Waals surface area contributed by atoms with Crippen molar-refractivity contribution in [2.45, 2.75) is 57.8 Å². The first-order valence-electron chi connectivity index (χ1n) is 26.8. The number of benzene rings is 11. The first kappa shape index (κ1) is 43.5. The molecule has 362 valence electrons. The second kappa shape index (κ2) is 15.1. The third-order valence-corrected chi connectivity index (χ3v) is 18.0. The standard InChI is InChI=1S/C73H53NO2/c1-71(2)57-39-48(34-36-51(57)62-59(71)41-55(69-64(62)53-23-13-16-26-60(53)75-69)45-30-28-44(29-31-45)42-18-8-7-9-19-42)74(47-33-32-43-20-10-11-21-46(43)38-47)49-35-37-52-58(40-49)73(5,6)67-63(52)65-54-24-14-17-27-61(54)76-70(65)66-50-22-12-15-25-56(50)72(3,4)68(66)67/h7-41H,1-6H3. The van der Waals surface area contributed by atoms with Gasteiger partial charge in [-0.15, -0.1) is 0 Å². The third-order valence-electron chi connectivity index (χ3n) is 18.0. The van der Waals surface area contributed by atoms with Crippen molar-refractivity contribution < 1.29 is 8.83 Å². The fraction of sp³-hybridized carbons (Fsp3) is 0.123. The minimum absolute atomic E-state index is 0.237. The van der Waals surface area contributed by atoms with Crippen molar-refractivity contribution in [2.24, 2.45) is 0 Å². The second-order valence-corrected chi connectivity index (χ2v) is 23.1. The summed E-state index contributed by atoms with van der Waals surface area (Å²) in [7, 11) is 0. The summed E-state index contributed by atoms with van der Waals surface area (Å²) in [5.74, 6) is 0. The van der Waals surface area contributed by atoms with Crippen molar-refractivity contribution >= 4 is 71.7 Å². The molecule has 2 heterocycles. The van der Waals surface area contributed by atoms with Gasteiger partial charge in [0.25, 0.3) is 0 Å². The van der Waals surface area contributed by atoms with Crippen LogP contribution in [0.2, 0.25) is 0 Å². The van der Waals surface area contributed by atoms with Gasteiger partial charge in [-0.05, 0) is 143 Å². The first-order valence-corrected chi connectivity index (χ1v) is 26.8. The van der Waals surface area contributed by atoms with Gasteiger partial charge in [0, 0.05) is 66.0 Å². The highest BCUT2D eigenvalue weighted by Crippen LogP contribution is 2.64. The number of anilines is 3. The van der Waals surface area contributed by atoms with E-state index in [0.717, 1.165) is 55.9 Å². The molecule has 3 aliphatic carbocycles. The van der Waals surface area contributed by atoms with Gasteiger partial charge in [-0.2, -0.15) is 0 Å². The predicted molar refractivity (Wildman–Crippen MR) is 317 cm³/mol. The van der Waals surface area contributed by atoms with Crippen LogP contribution in [-0.4, -0.2) is 0 Å². The molecule has 13 aromatic rings. The van der Waals surface area contributed by atoms with Crippen molar-refractivity contribution in [3.63, 3.8) is 0 Å². The summed E-state index contributed by atoms with van der Waals surface area (Å²) in [6, 6.07) is 78.4. The van der Waals surface area contributed by atoms with E-state index in [1.165, 1.54) is 105 Å². The molecular weight excluding hydrogens is 923 g/mol. The van der Waals surface area contributed by atoms with Crippen molar-refractivity contribution in [1.82, 2.24) is 0 Å². The number of hydrogen-bond donors (Lipinski definition) is 0. The van der Waals surface area contributed by atoms with Gasteiger partial charge >= 0.3 is 0 Å². The van der Waals surface area contributed by atoms with Crippen molar-refractivity contribution in [3.8, 4) is 55.6 Å². The fourth-order valence-corrected chi connectivity index (χ4v) is 14.3. The minimum atomic E-state index is -0.342. The van der Waals surface area contributed by atoms with Crippen molar-refractivity contribution in [1.29, 1.82) is 0 Å². The lowest BCUT2D eigenvalue weighted by Crippen LogP contribution is -2.24. The van der Waals surface area contributed by atoms with Gasteiger partial charge in [-0.1, -0.05) is 199 Å². The van der Waals surface area contributed by atoms with Crippen LogP contribution in [0.4, 0.5) is 17.1 Å². The second-order valence-electron chi connectivity index (χ2n) is 23.1. The van der Waals surface area contributed by atoms with E-state index >= 15 is 0 Å². The lowest BCUT2D eigenvalue weighted by Gasteiger charge is -2.32. The zero-order valence-corrected chi connectivity index (χ0v) is 43.5. The molecule has 0 unspecified atom stereocenters. The smallest absolute Gasteiger partial charge is 0.144 e. The number of para-hydroxylation sites is 2. The molecule has 11 aromatic carbocycles. The summed E-state index contributed by atoms with van der Waals surface area (Å²) in [5, 5.41) is 7.13. The van der Waals surface area contributed by atoms with E-state index in [9.17, 15) is 0 Å². The number of nitrogens with zero attached hydrogens (tertiary/aromatic N) is 1. The van der Waals surface area contributed by atoms with Crippen LogP contribution in [0.15, 0.2) is 221 Å².